The molecule has 0 unspecified atom stereocenters. The molecule has 0 fully saturated rings. The Labute approximate surface area is 143 Å². The molecular weight excluding hydrogens is 326 g/mol. The van der Waals surface area contributed by atoms with E-state index in [1.807, 2.05) is 43.3 Å². The lowest BCUT2D eigenvalue weighted by Crippen LogP contribution is -2.08. The molecule has 1 aromatic heterocycles. The molecular formula is C17H16F2N6. The van der Waals surface area contributed by atoms with E-state index in [9.17, 15) is 8.78 Å². The van der Waals surface area contributed by atoms with Crippen LogP contribution in [0.25, 0.3) is 0 Å². The van der Waals surface area contributed by atoms with E-state index in [0.717, 1.165) is 23.5 Å². The summed E-state index contributed by atoms with van der Waals surface area (Å²) >= 11 is 0. The molecule has 0 saturated heterocycles. The van der Waals surface area contributed by atoms with Crippen LogP contribution in [-0.2, 0) is 0 Å². The Morgan fingerprint density at radius 1 is 0.920 bits per heavy atom. The Balaban J connectivity index is 1.77. The molecule has 3 rings (SSSR count). The van der Waals surface area contributed by atoms with Crippen LogP contribution in [-0.4, -0.2) is 29.3 Å². The number of aromatic nitrogens is 3. The monoisotopic (exact) mass is 342 g/mol. The van der Waals surface area contributed by atoms with Gasteiger partial charge in [0.2, 0.25) is 5.95 Å². The van der Waals surface area contributed by atoms with Crippen molar-refractivity contribution in [3.8, 4) is 0 Å². The number of nitrogens with zero attached hydrogens (tertiary/aromatic N) is 4. The van der Waals surface area contributed by atoms with Crippen LogP contribution in [0.5, 0.6) is 0 Å². The second-order valence-electron chi connectivity index (χ2n) is 5.45. The molecule has 0 amide bonds. The first-order chi connectivity index (χ1) is 12.0. The van der Waals surface area contributed by atoms with Crippen LogP contribution in [0.2, 0.25) is 0 Å². The molecule has 128 valence electrons. The zero-order chi connectivity index (χ0) is 17.8. The van der Waals surface area contributed by atoms with E-state index in [-0.39, 0.29) is 11.6 Å². The predicted octanol–water partition coefficient (Wildman–Crippen LogP) is 3.70. The van der Waals surface area contributed by atoms with Gasteiger partial charge in [-0.3, -0.25) is 0 Å². The van der Waals surface area contributed by atoms with Gasteiger partial charge < -0.3 is 15.5 Å². The van der Waals surface area contributed by atoms with E-state index in [0.29, 0.717) is 5.82 Å². The van der Waals surface area contributed by atoms with Gasteiger partial charge in [0, 0.05) is 25.5 Å². The maximum atomic E-state index is 13.7. The number of para-hydroxylation sites is 1. The molecule has 0 aliphatic rings. The van der Waals surface area contributed by atoms with Gasteiger partial charge in [0.1, 0.15) is 17.3 Å². The van der Waals surface area contributed by atoms with Crippen molar-refractivity contribution in [3.63, 3.8) is 0 Å². The SMILES string of the molecule is CN(C)c1ccc(Nc2cnnc(Nc3c(F)cccc3F)n2)cc1. The predicted molar refractivity (Wildman–Crippen MR) is 93.5 cm³/mol. The van der Waals surface area contributed by atoms with Gasteiger partial charge in [-0.25, -0.2) is 8.78 Å². The van der Waals surface area contributed by atoms with Crippen LogP contribution < -0.4 is 15.5 Å². The molecule has 0 bridgehead atoms. The van der Waals surface area contributed by atoms with Crippen molar-refractivity contribution in [1.29, 1.82) is 0 Å². The van der Waals surface area contributed by atoms with Gasteiger partial charge in [-0.05, 0) is 36.4 Å². The minimum Gasteiger partial charge on any atom is -0.378 e. The number of hydrogen-bond acceptors (Lipinski definition) is 6. The molecule has 0 radical (unpaired) electrons. The summed E-state index contributed by atoms with van der Waals surface area (Å²) in [5, 5.41) is 13.1. The van der Waals surface area contributed by atoms with Gasteiger partial charge in [0.15, 0.2) is 5.82 Å². The van der Waals surface area contributed by atoms with E-state index < -0.39 is 11.6 Å². The first-order valence-electron chi connectivity index (χ1n) is 7.48. The van der Waals surface area contributed by atoms with E-state index in [4.69, 9.17) is 0 Å². The summed E-state index contributed by atoms with van der Waals surface area (Å²) in [6.07, 6.45) is 1.42. The fourth-order valence-electron chi connectivity index (χ4n) is 2.14. The fraction of sp³-hybridized carbons (Fsp3) is 0.118. The summed E-state index contributed by atoms with van der Waals surface area (Å²) in [4.78, 5) is 6.15. The van der Waals surface area contributed by atoms with Crippen molar-refractivity contribution in [1.82, 2.24) is 15.2 Å². The lowest BCUT2D eigenvalue weighted by Gasteiger charge is -2.13. The van der Waals surface area contributed by atoms with Gasteiger partial charge in [-0.2, -0.15) is 10.1 Å². The van der Waals surface area contributed by atoms with Crippen molar-refractivity contribution in [2.75, 3.05) is 29.6 Å². The minimum absolute atomic E-state index is 0.0149. The molecule has 6 nitrogen and oxygen atoms in total. The number of rotatable bonds is 5. The standard InChI is InChI=1S/C17H16F2N6/c1-25(2)12-8-6-11(7-9-12)21-15-10-20-24-17(22-15)23-16-13(18)4-3-5-14(16)19/h3-10H,1-2H3,(H2,21,22,23,24). The smallest absolute Gasteiger partial charge is 0.249 e. The summed E-state index contributed by atoms with van der Waals surface area (Å²) in [7, 11) is 3.91. The number of hydrogen-bond donors (Lipinski definition) is 2. The molecule has 2 aromatic carbocycles. The lowest BCUT2D eigenvalue weighted by molar-refractivity contribution is 0.590. The number of anilines is 5. The second kappa shape index (κ2) is 7.08. The highest BCUT2D eigenvalue weighted by atomic mass is 19.1. The van der Waals surface area contributed by atoms with E-state index in [1.165, 1.54) is 12.3 Å². The molecule has 0 aliphatic carbocycles. The quantitative estimate of drug-likeness (QED) is 0.737. The van der Waals surface area contributed by atoms with E-state index in [1.54, 1.807) is 0 Å². The third-order valence-electron chi connectivity index (χ3n) is 3.41. The third-order valence-corrected chi connectivity index (χ3v) is 3.41. The van der Waals surface area contributed by atoms with Crippen LogP contribution >= 0.6 is 0 Å². The summed E-state index contributed by atoms with van der Waals surface area (Å²) in [6.45, 7) is 0. The Bertz CT molecular complexity index is 847. The van der Waals surface area contributed by atoms with Crippen molar-refractivity contribution < 1.29 is 8.78 Å². The summed E-state index contributed by atoms with van der Waals surface area (Å²) < 4.78 is 27.4. The second-order valence-corrected chi connectivity index (χ2v) is 5.45. The highest BCUT2D eigenvalue weighted by molar-refractivity contribution is 5.61. The maximum absolute atomic E-state index is 13.7. The van der Waals surface area contributed by atoms with Gasteiger partial charge in [0.25, 0.3) is 0 Å². The zero-order valence-corrected chi connectivity index (χ0v) is 13.7. The molecule has 8 heteroatoms. The average molecular weight is 342 g/mol. The van der Waals surface area contributed by atoms with Crippen LogP contribution in [0.4, 0.5) is 37.6 Å². The van der Waals surface area contributed by atoms with Gasteiger partial charge in [-0.15, -0.1) is 5.10 Å². The van der Waals surface area contributed by atoms with Crippen LogP contribution in [0.3, 0.4) is 0 Å². The van der Waals surface area contributed by atoms with Crippen molar-refractivity contribution in [2.24, 2.45) is 0 Å². The highest BCUT2D eigenvalue weighted by Gasteiger charge is 2.10. The first-order valence-corrected chi connectivity index (χ1v) is 7.48. The van der Waals surface area contributed by atoms with E-state index >= 15 is 0 Å². The Kier molecular flexibility index (Phi) is 4.69. The maximum Gasteiger partial charge on any atom is 0.249 e. The average Bonchev–Trinajstić information content (AvgIpc) is 2.59. The molecule has 25 heavy (non-hydrogen) atoms. The summed E-state index contributed by atoms with van der Waals surface area (Å²) in [5.41, 5.74) is 1.54. The van der Waals surface area contributed by atoms with Gasteiger partial charge >= 0.3 is 0 Å². The fourth-order valence-corrected chi connectivity index (χ4v) is 2.14. The minimum atomic E-state index is -0.735. The molecule has 3 aromatic rings. The molecule has 2 N–H and O–H groups in total. The number of halogens is 2. The Morgan fingerprint density at radius 3 is 2.24 bits per heavy atom. The topological polar surface area (TPSA) is 66.0 Å². The summed E-state index contributed by atoms with van der Waals surface area (Å²) in [5.74, 6) is -1.09. The van der Waals surface area contributed by atoms with Crippen LogP contribution in [0.1, 0.15) is 0 Å². The number of benzene rings is 2. The molecule has 0 atom stereocenters. The lowest BCUT2D eigenvalue weighted by atomic mass is 10.2. The first kappa shape index (κ1) is 16.6. The van der Waals surface area contributed by atoms with Crippen molar-refractivity contribution >= 4 is 28.8 Å². The van der Waals surface area contributed by atoms with Gasteiger partial charge in [0.05, 0.1) is 6.20 Å². The summed E-state index contributed by atoms with van der Waals surface area (Å²) in [6, 6.07) is 11.3. The molecule has 0 spiro atoms. The Morgan fingerprint density at radius 2 is 1.60 bits per heavy atom. The van der Waals surface area contributed by atoms with Crippen molar-refractivity contribution in [2.45, 2.75) is 0 Å². The molecule has 1 heterocycles. The highest BCUT2D eigenvalue weighted by Crippen LogP contribution is 2.22. The Hall–Kier alpha value is -3.29. The third kappa shape index (κ3) is 3.97. The molecule has 0 aliphatic heterocycles. The van der Waals surface area contributed by atoms with Crippen LogP contribution in [0, 0.1) is 11.6 Å². The normalized spacial score (nSPS) is 10.4. The molecule has 0 saturated carbocycles. The zero-order valence-electron chi connectivity index (χ0n) is 13.7. The van der Waals surface area contributed by atoms with Crippen LogP contribution in [0.15, 0.2) is 48.7 Å². The number of nitrogens with one attached hydrogen (secondary N) is 2. The van der Waals surface area contributed by atoms with Crippen molar-refractivity contribution in [3.05, 3.63) is 60.3 Å². The van der Waals surface area contributed by atoms with Gasteiger partial charge in [-0.1, -0.05) is 6.07 Å². The largest absolute Gasteiger partial charge is 0.378 e. The van der Waals surface area contributed by atoms with E-state index in [2.05, 4.69) is 25.8 Å².